The van der Waals surface area contributed by atoms with Crippen LogP contribution >= 0.6 is 0 Å². The largest absolute Gasteiger partial charge is 0.346 e. The maximum atomic E-state index is 3.69. The van der Waals surface area contributed by atoms with Gasteiger partial charge in [0, 0.05) is 30.8 Å². The van der Waals surface area contributed by atoms with Gasteiger partial charge in [0.1, 0.15) is 0 Å². The van der Waals surface area contributed by atoms with Gasteiger partial charge < -0.3 is 9.88 Å². The van der Waals surface area contributed by atoms with Gasteiger partial charge >= 0.3 is 0 Å². The predicted octanol–water partition coefficient (Wildman–Crippen LogP) is 3.52. The van der Waals surface area contributed by atoms with Gasteiger partial charge in [-0.05, 0) is 42.8 Å². The molecule has 1 saturated carbocycles. The Kier molecular flexibility index (Phi) is 3.13. The van der Waals surface area contributed by atoms with Crippen molar-refractivity contribution < 1.29 is 0 Å². The van der Waals surface area contributed by atoms with Gasteiger partial charge in [-0.1, -0.05) is 25.0 Å². The Morgan fingerprint density at radius 2 is 2.00 bits per heavy atom. The minimum absolute atomic E-state index is 0.741. The van der Waals surface area contributed by atoms with Crippen LogP contribution in [0.1, 0.15) is 36.9 Å². The summed E-state index contributed by atoms with van der Waals surface area (Å²) >= 11 is 0. The fraction of sp³-hybridized carbons (Fsp3) is 0.500. The molecule has 1 aromatic heterocycles. The molecule has 0 spiro atoms. The smallest absolute Gasteiger partial charge is 0.0482 e. The molecular weight excluding hydrogens is 220 g/mol. The Morgan fingerprint density at radius 3 is 2.78 bits per heavy atom. The van der Waals surface area contributed by atoms with Crippen molar-refractivity contribution >= 4 is 10.9 Å². The lowest BCUT2D eigenvalue weighted by Gasteiger charge is -2.12. The van der Waals surface area contributed by atoms with Crippen molar-refractivity contribution in [2.75, 3.05) is 0 Å². The second kappa shape index (κ2) is 4.77. The summed E-state index contributed by atoms with van der Waals surface area (Å²) in [6.45, 7) is 3.15. The average molecular weight is 242 g/mol. The molecule has 18 heavy (non-hydrogen) atoms. The molecule has 3 rings (SSSR count). The first kappa shape index (κ1) is 11.8. The third-order valence-corrected chi connectivity index (χ3v) is 4.23. The van der Waals surface area contributed by atoms with E-state index in [-0.39, 0.29) is 0 Å². The number of hydrogen-bond donors (Lipinski definition) is 1. The van der Waals surface area contributed by atoms with Crippen LogP contribution in [-0.4, -0.2) is 10.6 Å². The lowest BCUT2D eigenvalue weighted by Crippen LogP contribution is -2.26. The molecule has 96 valence electrons. The summed E-state index contributed by atoms with van der Waals surface area (Å²) in [5, 5.41) is 5.05. The number of benzene rings is 1. The van der Waals surface area contributed by atoms with Gasteiger partial charge in [0.05, 0.1) is 0 Å². The predicted molar refractivity (Wildman–Crippen MR) is 76.8 cm³/mol. The van der Waals surface area contributed by atoms with Crippen LogP contribution in [0, 0.1) is 6.92 Å². The normalized spacial score (nSPS) is 16.8. The molecule has 2 heteroatoms. The quantitative estimate of drug-likeness (QED) is 0.871. The molecule has 0 atom stereocenters. The number of rotatable bonds is 3. The molecule has 2 aromatic rings. The van der Waals surface area contributed by atoms with Crippen molar-refractivity contribution in [1.82, 2.24) is 9.88 Å². The summed E-state index contributed by atoms with van der Waals surface area (Å²) in [6.07, 6.45) is 5.49. The maximum absolute atomic E-state index is 3.69. The molecule has 0 bridgehead atoms. The first-order chi connectivity index (χ1) is 8.74. The van der Waals surface area contributed by atoms with Gasteiger partial charge in [-0.3, -0.25) is 0 Å². The molecule has 0 unspecified atom stereocenters. The van der Waals surface area contributed by atoms with Gasteiger partial charge in [-0.2, -0.15) is 0 Å². The van der Waals surface area contributed by atoms with Crippen molar-refractivity contribution in [2.45, 2.75) is 45.2 Å². The lowest BCUT2D eigenvalue weighted by molar-refractivity contribution is 0.514. The number of aryl methyl sites for hydroxylation is 2. The van der Waals surface area contributed by atoms with Crippen LogP contribution in [-0.2, 0) is 13.6 Å². The summed E-state index contributed by atoms with van der Waals surface area (Å²) in [4.78, 5) is 0. The Balaban J connectivity index is 1.81. The minimum Gasteiger partial charge on any atom is -0.346 e. The van der Waals surface area contributed by atoms with Crippen molar-refractivity contribution in [3.05, 3.63) is 35.5 Å². The van der Waals surface area contributed by atoms with Gasteiger partial charge in [0.25, 0.3) is 0 Å². The van der Waals surface area contributed by atoms with E-state index in [4.69, 9.17) is 0 Å². The zero-order valence-corrected chi connectivity index (χ0v) is 11.4. The van der Waals surface area contributed by atoms with Gasteiger partial charge in [-0.15, -0.1) is 0 Å². The topological polar surface area (TPSA) is 17.0 Å². The molecule has 0 aliphatic heterocycles. The first-order valence-electron chi connectivity index (χ1n) is 7.02. The number of nitrogens with zero attached hydrogens (tertiary/aromatic N) is 1. The summed E-state index contributed by atoms with van der Waals surface area (Å²) in [5.41, 5.74) is 4.07. The van der Waals surface area contributed by atoms with Crippen LogP contribution in [0.3, 0.4) is 0 Å². The summed E-state index contributed by atoms with van der Waals surface area (Å²) in [7, 11) is 2.17. The van der Waals surface area contributed by atoms with Crippen LogP contribution in [0.25, 0.3) is 10.9 Å². The minimum atomic E-state index is 0.741. The Morgan fingerprint density at radius 1 is 1.22 bits per heavy atom. The third kappa shape index (κ3) is 2.17. The standard InChI is InChI=1S/C16H22N2/c1-12-7-8-13-10-15(18(2)16(13)9-12)11-17-14-5-3-4-6-14/h7-10,14,17H,3-6,11H2,1-2H3. The highest BCUT2D eigenvalue weighted by atomic mass is 15.0. The zero-order valence-electron chi connectivity index (χ0n) is 11.4. The molecule has 2 nitrogen and oxygen atoms in total. The second-order valence-corrected chi connectivity index (χ2v) is 5.62. The highest BCUT2D eigenvalue weighted by molar-refractivity contribution is 5.81. The molecule has 1 aliphatic rings. The van der Waals surface area contributed by atoms with Crippen molar-refractivity contribution in [1.29, 1.82) is 0 Å². The van der Waals surface area contributed by atoms with Crippen molar-refractivity contribution in [3.8, 4) is 0 Å². The SMILES string of the molecule is Cc1ccc2cc(CNC3CCCC3)n(C)c2c1. The van der Waals surface area contributed by atoms with E-state index in [0.29, 0.717) is 0 Å². The van der Waals surface area contributed by atoms with E-state index in [2.05, 4.69) is 48.1 Å². The van der Waals surface area contributed by atoms with Crippen LogP contribution < -0.4 is 5.32 Å². The lowest BCUT2D eigenvalue weighted by atomic mass is 10.2. The summed E-state index contributed by atoms with van der Waals surface area (Å²) in [6, 6.07) is 9.75. The van der Waals surface area contributed by atoms with Crippen LogP contribution in [0.15, 0.2) is 24.3 Å². The molecule has 1 heterocycles. The fourth-order valence-corrected chi connectivity index (χ4v) is 3.05. The first-order valence-corrected chi connectivity index (χ1v) is 7.02. The molecule has 1 fully saturated rings. The molecule has 1 N–H and O–H groups in total. The highest BCUT2D eigenvalue weighted by Gasteiger charge is 2.14. The molecule has 0 saturated heterocycles. The summed E-state index contributed by atoms with van der Waals surface area (Å²) < 4.78 is 2.32. The number of nitrogens with one attached hydrogen (secondary N) is 1. The molecule has 0 radical (unpaired) electrons. The molecule has 1 aliphatic carbocycles. The van der Waals surface area contributed by atoms with Crippen LogP contribution in [0.5, 0.6) is 0 Å². The zero-order chi connectivity index (χ0) is 12.5. The van der Waals surface area contributed by atoms with E-state index < -0.39 is 0 Å². The van der Waals surface area contributed by atoms with E-state index in [0.717, 1.165) is 12.6 Å². The van der Waals surface area contributed by atoms with Gasteiger partial charge in [-0.25, -0.2) is 0 Å². The summed E-state index contributed by atoms with van der Waals surface area (Å²) in [5.74, 6) is 0. The van der Waals surface area contributed by atoms with Gasteiger partial charge in [0.2, 0.25) is 0 Å². The van der Waals surface area contributed by atoms with E-state index in [1.165, 1.54) is 47.8 Å². The monoisotopic (exact) mass is 242 g/mol. The average Bonchev–Trinajstić information content (AvgIpc) is 2.97. The maximum Gasteiger partial charge on any atom is 0.0482 e. The number of hydrogen-bond acceptors (Lipinski definition) is 1. The molecular formula is C16H22N2. The second-order valence-electron chi connectivity index (χ2n) is 5.62. The Hall–Kier alpha value is -1.28. The van der Waals surface area contributed by atoms with Crippen LogP contribution in [0.4, 0.5) is 0 Å². The Bertz CT molecular complexity index is 547. The molecule has 0 amide bonds. The van der Waals surface area contributed by atoms with E-state index in [1.807, 2.05) is 0 Å². The van der Waals surface area contributed by atoms with E-state index in [1.54, 1.807) is 0 Å². The van der Waals surface area contributed by atoms with Crippen molar-refractivity contribution in [2.24, 2.45) is 7.05 Å². The van der Waals surface area contributed by atoms with Crippen molar-refractivity contribution in [3.63, 3.8) is 0 Å². The number of fused-ring (bicyclic) bond motifs is 1. The number of aromatic nitrogens is 1. The van der Waals surface area contributed by atoms with Gasteiger partial charge in [0.15, 0.2) is 0 Å². The fourth-order valence-electron chi connectivity index (χ4n) is 3.05. The third-order valence-electron chi connectivity index (χ3n) is 4.23. The van der Waals surface area contributed by atoms with E-state index >= 15 is 0 Å². The van der Waals surface area contributed by atoms with E-state index in [9.17, 15) is 0 Å². The Labute approximate surface area is 109 Å². The molecule has 1 aromatic carbocycles. The highest BCUT2D eigenvalue weighted by Crippen LogP contribution is 2.22. The van der Waals surface area contributed by atoms with Crippen LogP contribution in [0.2, 0.25) is 0 Å².